The number of nitrogens with zero attached hydrogens (tertiary/aromatic N) is 2. The zero-order valence-electron chi connectivity index (χ0n) is 19.3. The van der Waals surface area contributed by atoms with Gasteiger partial charge in [-0.25, -0.2) is 9.79 Å². The third-order valence-corrected chi connectivity index (χ3v) is 7.97. The van der Waals surface area contributed by atoms with E-state index in [-0.39, 0.29) is 28.2 Å². The molecular formula is C25H19Br2N3O5S. The Kier molecular flexibility index (Phi) is 6.48. The minimum Gasteiger partial charge on any atom is -0.496 e. The molecule has 36 heavy (non-hydrogen) atoms. The minimum atomic E-state index is -0.867. The summed E-state index contributed by atoms with van der Waals surface area (Å²) in [5, 5.41) is 2.82. The molecular weight excluding hydrogens is 614 g/mol. The lowest BCUT2D eigenvalue weighted by atomic mass is 9.95. The van der Waals surface area contributed by atoms with Crippen LogP contribution in [-0.4, -0.2) is 30.2 Å². The molecule has 1 N–H and O–H groups in total. The highest BCUT2D eigenvalue weighted by atomic mass is 79.9. The van der Waals surface area contributed by atoms with E-state index in [1.807, 2.05) is 12.1 Å². The number of amides is 1. The standard InChI is InChI=1S/C25H19Br2N3O5S/c1-4-35-24(33)18-11(2)28-25-30(20(18)15-10-13(27)6-8-17(15)34-3)23(32)21(36-25)19-14-9-12(26)5-7-16(14)29-22(19)31/h5-10,20H,4H2,1-3H3,(H,29,31)/b21-19+/t20-/m0/s1. The van der Waals surface area contributed by atoms with E-state index in [1.54, 1.807) is 38.1 Å². The molecule has 0 aliphatic carbocycles. The number of benzene rings is 2. The Labute approximate surface area is 226 Å². The first-order chi connectivity index (χ1) is 17.2. The first kappa shape index (κ1) is 24.7. The lowest BCUT2D eigenvalue weighted by Crippen LogP contribution is -2.40. The summed E-state index contributed by atoms with van der Waals surface area (Å²) in [5.74, 6) is -0.450. The second kappa shape index (κ2) is 9.45. The molecule has 0 unspecified atom stereocenters. The molecule has 184 valence electrons. The Balaban J connectivity index is 1.86. The average molecular weight is 633 g/mol. The van der Waals surface area contributed by atoms with Gasteiger partial charge in [0.15, 0.2) is 4.80 Å². The SMILES string of the molecule is CCOC(=O)C1=C(C)N=c2s/c(=C3/C(=O)Nc4ccc(Br)cc43)c(=O)n2[C@H]1c1cc(Br)ccc1OC. The largest absolute Gasteiger partial charge is 0.496 e. The van der Waals surface area contributed by atoms with Crippen LogP contribution in [-0.2, 0) is 14.3 Å². The number of thiazole rings is 1. The Bertz CT molecular complexity index is 1670. The molecule has 2 aliphatic heterocycles. The Hall–Kier alpha value is -3.02. The number of anilines is 1. The summed E-state index contributed by atoms with van der Waals surface area (Å²) in [6.07, 6.45) is 0. The Morgan fingerprint density at radius 2 is 1.89 bits per heavy atom. The molecule has 1 aromatic heterocycles. The van der Waals surface area contributed by atoms with Crippen LogP contribution in [0.4, 0.5) is 5.69 Å². The maximum atomic E-state index is 14.0. The topological polar surface area (TPSA) is 99.0 Å². The van der Waals surface area contributed by atoms with Gasteiger partial charge in [0.25, 0.3) is 11.5 Å². The quantitative estimate of drug-likeness (QED) is 0.443. The van der Waals surface area contributed by atoms with E-state index in [0.717, 1.165) is 20.3 Å². The monoisotopic (exact) mass is 631 g/mol. The number of allylic oxidation sites excluding steroid dienone is 1. The highest BCUT2D eigenvalue weighted by Gasteiger charge is 2.36. The van der Waals surface area contributed by atoms with E-state index in [9.17, 15) is 14.4 Å². The van der Waals surface area contributed by atoms with Crippen LogP contribution in [0.3, 0.4) is 0 Å². The van der Waals surface area contributed by atoms with Crippen LogP contribution < -0.4 is 24.9 Å². The van der Waals surface area contributed by atoms with E-state index in [1.165, 1.54) is 11.7 Å². The molecule has 3 heterocycles. The second-order valence-corrected chi connectivity index (χ2v) is 10.8. The maximum absolute atomic E-state index is 14.0. The molecule has 0 fully saturated rings. The summed E-state index contributed by atoms with van der Waals surface area (Å²) in [6.45, 7) is 3.59. The van der Waals surface area contributed by atoms with Crippen molar-refractivity contribution in [3.8, 4) is 5.75 Å². The van der Waals surface area contributed by atoms with Gasteiger partial charge in [-0.15, -0.1) is 0 Å². The van der Waals surface area contributed by atoms with Crippen molar-refractivity contribution in [2.75, 3.05) is 19.0 Å². The highest BCUT2D eigenvalue weighted by Crippen LogP contribution is 2.38. The lowest BCUT2D eigenvalue weighted by Gasteiger charge is -2.26. The van der Waals surface area contributed by atoms with Crippen molar-refractivity contribution >= 4 is 66.3 Å². The second-order valence-electron chi connectivity index (χ2n) is 8.03. The van der Waals surface area contributed by atoms with Crippen molar-refractivity contribution < 1.29 is 19.1 Å². The summed E-state index contributed by atoms with van der Waals surface area (Å²) in [4.78, 5) is 45.1. The molecule has 2 aliphatic rings. The van der Waals surface area contributed by atoms with Crippen LogP contribution in [0.1, 0.15) is 31.0 Å². The summed E-state index contributed by atoms with van der Waals surface area (Å²) in [6, 6.07) is 9.90. The first-order valence-corrected chi connectivity index (χ1v) is 13.3. The first-order valence-electron chi connectivity index (χ1n) is 10.9. The fourth-order valence-corrected chi connectivity index (χ4v) is 6.30. The van der Waals surface area contributed by atoms with Gasteiger partial charge in [0, 0.05) is 25.8 Å². The normalized spacial score (nSPS) is 17.8. The summed E-state index contributed by atoms with van der Waals surface area (Å²) >= 11 is 8.04. The van der Waals surface area contributed by atoms with Gasteiger partial charge < -0.3 is 14.8 Å². The summed E-state index contributed by atoms with van der Waals surface area (Å²) < 4.78 is 14.2. The zero-order valence-corrected chi connectivity index (χ0v) is 23.3. The number of halogens is 2. The maximum Gasteiger partial charge on any atom is 0.338 e. The van der Waals surface area contributed by atoms with Gasteiger partial charge in [-0.2, -0.15) is 0 Å². The molecule has 1 amide bonds. The highest BCUT2D eigenvalue weighted by molar-refractivity contribution is 9.10. The number of hydrogen-bond donors (Lipinski definition) is 1. The van der Waals surface area contributed by atoms with Crippen LogP contribution in [0, 0.1) is 0 Å². The molecule has 0 spiro atoms. The van der Waals surface area contributed by atoms with Crippen LogP contribution in [0.25, 0.3) is 5.57 Å². The number of hydrogen-bond acceptors (Lipinski definition) is 7. The van der Waals surface area contributed by atoms with Crippen molar-refractivity contribution in [2.45, 2.75) is 19.9 Å². The van der Waals surface area contributed by atoms with Crippen LogP contribution in [0.15, 0.2) is 66.4 Å². The van der Waals surface area contributed by atoms with Gasteiger partial charge in [-0.05, 0) is 50.2 Å². The molecule has 11 heteroatoms. The van der Waals surface area contributed by atoms with Crippen LogP contribution in [0.2, 0.25) is 0 Å². The molecule has 0 saturated heterocycles. The minimum absolute atomic E-state index is 0.165. The van der Waals surface area contributed by atoms with E-state index in [4.69, 9.17) is 9.47 Å². The zero-order chi connectivity index (χ0) is 25.7. The number of methoxy groups -OCH3 is 1. The van der Waals surface area contributed by atoms with E-state index < -0.39 is 17.6 Å². The number of fused-ring (bicyclic) bond motifs is 2. The molecule has 0 saturated carbocycles. The number of carbonyl (C=O) groups is 2. The van der Waals surface area contributed by atoms with Crippen molar-refractivity contribution in [3.63, 3.8) is 0 Å². The van der Waals surface area contributed by atoms with Crippen LogP contribution >= 0.6 is 43.2 Å². The third-order valence-electron chi connectivity index (χ3n) is 5.93. The van der Waals surface area contributed by atoms with Gasteiger partial charge in [0.05, 0.1) is 30.6 Å². The van der Waals surface area contributed by atoms with E-state index in [2.05, 4.69) is 42.2 Å². The Morgan fingerprint density at radius 3 is 2.61 bits per heavy atom. The third kappa shape index (κ3) is 3.95. The van der Waals surface area contributed by atoms with Crippen LogP contribution in [0.5, 0.6) is 5.75 Å². The molecule has 0 bridgehead atoms. The van der Waals surface area contributed by atoms with Gasteiger partial charge in [-0.3, -0.25) is 14.2 Å². The summed E-state index contributed by atoms with van der Waals surface area (Å²) in [7, 11) is 1.52. The predicted octanol–water partition coefficient (Wildman–Crippen LogP) is 3.65. The summed E-state index contributed by atoms with van der Waals surface area (Å²) in [5.41, 5.74) is 2.33. The number of aromatic nitrogens is 1. The van der Waals surface area contributed by atoms with Gasteiger partial charge in [-0.1, -0.05) is 43.2 Å². The van der Waals surface area contributed by atoms with E-state index in [0.29, 0.717) is 33.1 Å². The smallest absolute Gasteiger partial charge is 0.338 e. The van der Waals surface area contributed by atoms with E-state index >= 15 is 0 Å². The van der Waals surface area contributed by atoms with Gasteiger partial charge in [0.1, 0.15) is 16.3 Å². The predicted molar refractivity (Wildman–Crippen MR) is 143 cm³/mol. The Morgan fingerprint density at radius 1 is 1.17 bits per heavy atom. The van der Waals surface area contributed by atoms with Gasteiger partial charge in [0.2, 0.25) is 0 Å². The molecule has 0 radical (unpaired) electrons. The van der Waals surface area contributed by atoms with Crippen molar-refractivity contribution in [1.82, 2.24) is 4.57 Å². The molecule has 8 nitrogen and oxygen atoms in total. The van der Waals surface area contributed by atoms with Crippen molar-refractivity contribution in [2.24, 2.45) is 4.99 Å². The number of nitrogens with one attached hydrogen (secondary N) is 1. The molecule has 1 atom stereocenters. The molecule has 3 aromatic rings. The number of ether oxygens (including phenoxy) is 2. The number of esters is 1. The van der Waals surface area contributed by atoms with Gasteiger partial charge >= 0.3 is 5.97 Å². The van der Waals surface area contributed by atoms with Crippen molar-refractivity contribution in [3.05, 3.63) is 87.4 Å². The number of carbonyl (C=O) groups excluding carboxylic acids is 2. The lowest BCUT2D eigenvalue weighted by molar-refractivity contribution is -0.139. The average Bonchev–Trinajstić information content (AvgIpc) is 3.32. The van der Waals surface area contributed by atoms with Crippen molar-refractivity contribution in [1.29, 1.82) is 0 Å². The fraction of sp³-hybridized carbons (Fsp3) is 0.200. The molecule has 5 rings (SSSR count). The molecule has 2 aromatic carbocycles. The fourth-order valence-electron chi connectivity index (χ4n) is 4.42. The number of rotatable bonds is 4.